The SMILES string of the molecule is OB(O)c1ccc(F)c(OCC2CCOCC2)c1. The molecule has 0 bridgehead atoms. The summed E-state index contributed by atoms with van der Waals surface area (Å²) in [4.78, 5) is 0. The van der Waals surface area contributed by atoms with Crippen LogP contribution in [0.25, 0.3) is 0 Å². The van der Waals surface area contributed by atoms with Crippen LogP contribution < -0.4 is 10.2 Å². The van der Waals surface area contributed by atoms with Gasteiger partial charge in [0, 0.05) is 13.2 Å². The van der Waals surface area contributed by atoms with Gasteiger partial charge in [0.25, 0.3) is 0 Å². The van der Waals surface area contributed by atoms with Gasteiger partial charge in [0.2, 0.25) is 0 Å². The first-order valence-corrected chi connectivity index (χ1v) is 6.03. The molecule has 1 aromatic rings. The lowest BCUT2D eigenvalue weighted by molar-refractivity contribution is 0.0492. The maximum Gasteiger partial charge on any atom is 0.488 e. The number of rotatable bonds is 4. The number of benzene rings is 1. The fourth-order valence-electron chi connectivity index (χ4n) is 1.91. The summed E-state index contributed by atoms with van der Waals surface area (Å²) in [6.45, 7) is 1.85. The molecule has 1 fully saturated rings. The molecule has 0 aliphatic carbocycles. The quantitative estimate of drug-likeness (QED) is 0.759. The molecule has 2 rings (SSSR count). The highest BCUT2D eigenvalue weighted by atomic mass is 19.1. The first-order valence-electron chi connectivity index (χ1n) is 6.03. The van der Waals surface area contributed by atoms with Crippen molar-refractivity contribution in [2.24, 2.45) is 5.92 Å². The van der Waals surface area contributed by atoms with E-state index >= 15 is 0 Å². The summed E-state index contributed by atoms with van der Waals surface area (Å²) in [6, 6.07) is 3.81. The Hall–Kier alpha value is -1.11. The smallest absolute Gasteiger partial charge is 0.488 e. The molecule has 0 unspecified atom stereocenters. The van der Waals surface area contributed by atoms with Crippen molar-refractivity contribution in [2.45, 2.75) is 12.8 Å². The topological polar surface area (TPSA) is 58.9 Å². The van der Waals surface area contributed by atoms with E-state index in [9.17, 15) is 4.39 Å². The fraction of sp³-hybridized carbons (Fsp3) is 0.500. The maximum absolute atomic E-state index is 13.5. The molecule has 18 heavy (non-hydrogen) atoms. The number of hydrogen-bond acceptors (Lipinski definition) is 4. The van der Waals surface area contributed by atoms with Crippen molar-refractivity contribution in [3.05, 3.63) is 24.0 Å². The van der Waals surface area contributed by atoms with E-state index in [1.807, 2.05) is 0 Å². The van der Waals surface area contributed by atoms with Crippen molar-refractivity contribution in [1.29, 1.82) is 0 Å². The van der Waals surface area contributed by atoms with Crippen molar-refractivity contribution in [3.63, 3.8) is 0 Å². The van der Waals surface area contributed by atoms with Gasteiger partial charge in [-0.1, -0.05) is 6.07 Å². The van der Waals surface area contributed by atoms with Crippen LogP contribution in [-0.2, 0) is 4.74 Å². The molecule has 0 aromatic heterocycles. The van der Waals surface area contributed by atoms with Gasteiger partial charge in [0.05, 0.1) is 6.61 Å². The molecule has 98 valence electrons. The highest BCUT2D eigenvalue weighted by molar-refractivity contribution is 6.58. The van der Waals surface area contributed by atoms with Gasteiger partial charge >= 0.3 is 7.12 Å². The van der Waals surface area contributed by atoms with Crippen LogP contribution in [0.4, 0.5) is 4.39 Å². The number of ether oxygens (including phenoxy) is 2. The minimum Gasteiger partial charge on any atom is -0.490 e. The molecule has 1 aliphatic heterocycles. The maximum atomic E-state index is 13.5. The minimum atomic E-state index is -1.61. The molecule has 0 radical (unpaired) electrons. The third-order valence-corrected chi connectivity index (χ3v) is 3.07. The van der Waals surface area contributed by atoms with Crippen LogP contribution in [0.3, 0.4) is 0 Å². The Bertz CT molecular complexity index is 394. The number of hydrogen-bond donors (Lipinski definition) is 2. The Kier molecular flexibility index (Phi) is 4.57. The van der Waals surface area contributed by atoms with E-state index in [1.54, 1.807) is 0 Å². The Balaban J connectivity index is 1.97. The Morgan fingerprint density at radius 3 is 2.72 bits per heavy atom. The fourth-order valence-corrected chi connectivity index (χ4v) is 1.91. The number of halogens is 1. The molecule has 1 saturated heterocycles. The van der Waals surface area contributed by atoms with Crippen molar-refractivity contribution in [1.82, 2.24) is 0 Å². The van der Waals surface area contributed by atoms with Crippen molar-refractivity contribution in [3.8, 4) is 5.75 Å². The predicted molar refractivity (Wildman–Crippen MR) is 65.3 cm³/mol. The monoisotopic (exact) mass is 254 g/mol. The lowest BCUT2D eigenvalue weighted by Crippen LogP contribution is -2.30. The summed E-state index contributed by atoms with van der Waals surface area (Å²) >= 11 is 0. The lowest BCUT2D eigenvalue weighted by Gasteiger charge is -2.22. The van der Waals surface area contributed by atoms with Gasteiger partial charge in [0.1, 0.15) is 0 Å². The second kappa shape index (κ2) is 6.18. The molecule has 1 heterocycles. The molecule has 6 heteroatoms. The largest absolute Gasteiger partial charge is 0.490 e. The molecule has 1 aliphatic rings. The zero-order valence-corrected chi connectivity index (χ0v) is 10.0. The Morgan fingerprint density at radius 2 is 2.06 bits per heavy atom. The van der Waals surface area contributed by atoms with Gasteiger partial charge in [-0.25, -0.2) is 4.39 Å². The van der Waals surface area contributed by atoms with Crippen LogP contribution in [0.5, 0.6) is 5.75 Å². The Labute approximate surface area is 105 Å². The van der Waals surface area contributed by atoms with Crippen LogP contribution in [0.1, 0.15) is 12.8 Å². The summed E-state index contributed by atoms with van der Waals surface area (Å²) in [5, 5.41) is 18.0. The van der Waals surface area contributed by atoms with Gasteiger partial charge in [-0.05, 0) is 36.4 Å². The summed E-state index contributed by atoms with van der Waals surface area (Å²) in [7, 11) is -1.61. The summed E-state index contributed by atoms with van der Waals surface area (Å²) in [6.07, 6.45) is 1.81. The van der Waals surface area contributed by atoms with E-state index in [-0.39, 0.29) is 11.2 Å². The van der Waals surface area contributed by atoms with Crippen molar-refractivity contribution in [2.75, 3.05) is 19.8 Å². The molecule has 0 saturated carbocycles. The Morgan fingerprint density at radius 1 is 1.33 bits per heavy atom. The van der Waals surface area contributed by atoms with E-state index in [1.165, 1.54) is 18.2 Å². The van der Waals surface area contributed by atoms with Crippen molar-refractivity contribution < 1.29 is 23.9 Å². The molecular weight excluding hydrogens is 238 g/mol. The van der Waals surface area contributed by atoms with Gasteiger partial charge in [-0.2, -0.15) is 0 Å². The van der Waals surface area contributed by atoms with Gasteiger partial charge in [-0.3, -0.25) is 0 Å². The van der Waals surface area contributed by atoms with Crippen LogP contribution >= 0.6 is 0 Å². The van der Waals surface area contributed by atoms with Crippen LogP contribution in [-0.4, -0.2) is 37.0 Å². The molecular formula is C12H16BFO4. The van der Waals surface area contributed by atoms with Crippen LogP contribution in [0, 0.1) is 11.7 Å². The predicted octanol–water partition coefficient (Wildman–Crippen LogP) is 0.311. The van der Waals surface area contributed by atoms with Crippen LogP contribution in [0.2, 0.25) is 0 Å². The van der Waals surface area contributed by atoms with Gasteiger partial charge < -0.3 is 19.5 Å². The average molecular weight is 254 g/mol. The first-order chi connectivity index (χ1) is 8.66. The third-order valence-electron chi connectivity index (χ3n) is 3.07. The molecule has 0 atom stereocenters. The molecule has 1 aromatic carbocycles. The highest BCUT2D eigenvalue weighted by Crippen LogP contribution is 2.19. The van der Waals surface area contributed by atoms with E-state index < -0.39 is 12.9 Å². The molecule has 2 N–H and O–H groups in total. The van der Waals surface area contributed by atoms with E-state index in [4.69, 9.17) is 19.5 Å². The standard InChI is InChI=1S/C12H16BFO4/c14-11-2-1-10(13(15)16)7-12(11)18-8-9-3-5-17-6-4-9/h1-2,7,9,15-16H,3-6,8H2. The normalized spacial score (nSPS) is 16.6. The summed E-state index contributed by atoms with van der Waals surface area (Å²) < 4.78 is 24.1. The van der Waals surface area contributed by atoms with Gasteiger partial charge in [-0.15, -0.1) is 0 Å². The summed E-state index contributed by atoms with van der Waals surface area (Å²) in [5.74, 6) is -0.0700. The first kappa shape index (κ1) is 13.3. The lowest BCUT2D eigenvalue weighted by atomic mass is 9.80. The van der Waals surface area contributed by atoms with Gasteiger partial charge in [0.15, 0.2) is 11.6 Å². The third kappa shape index (κ3) is 3.44. The van der Waals surface area contributed by atoms with E-state index in [2.05, 4.69) is 0 Å². The zero-order valence-electron chi connectivity index (χ0n) is 10.0. The van der Waals surface area contributed by atoms with Crippen LogP contribution in [0.15, 0.2) is 18.2 Å². The van der Waals surface area contributed by atoms with E-state index in [0.29, 0.717) is 25.7 Å². The molecule has 0 amide bonds. The average Bonchev–Trinajstić information content (AvgIpc) is 2.38. The summed E-state index contributed by atoms with van der Waals surface area (Å²) in [5.41, 5.74) is 0.221. The zero-order chi connectivity index (χ0) is 13.0. The molecule has 0 spiro atoms. The second-order valence-corrected chi connectivity index (χ2v) is 4.43. The van der Waals surface area contributed by atoms with Crippen molar-refractivity contribution >= 4 is 12.6 Å². The second-order valence-electron chi connectivity index (χ2n) is 4.43. The molecule has 4 nitrogen and oxygen atoms in total. The minimum absolute atomic E-state index is 0.0621. The highest BCUT2D eigenvalue weighted by Gasteiger charge is 2.17. The van der Waals surface area contributed by atoms with E-state index in [0.717, 1.165) is 12.8 Å².